The molecule has 0 unspecified atom stereocenters. The maximum atomic E-state index is 13.7. The van der Waals surface area contributed by atoms with Gasteiger partial charge in [-0.1, -0.05) is 24.3 Å². The largest absolute Gasteiger partial charge is 0.298 e. The van der Waals surface area contributed by atoms with Crippen molar-refractivity contribution in [3.63, 3.8) is 0 Å². The molecule has 1 heterocycles. The fourth-order valence-corrected chi connectivity index (χ4v) is 2.08. The van der Waals surface area contributed by atoms with Crippen LogP contribution in [0.5, 0.6) is 0 Å². The van der Waals surface area contributed by atoms with Gasteiger partial charge in [-0.25, -0.2) is 9.07 Å². The van der Waals surface area contributed by atoms with Crippen molar-refractivity contribution in [1.82, 2.24) is 9.78 Å². The summed E-state index contributed by atoms with van der Waals surface area (Å²) in [7, 11) is 0. The lowest BCUT2D eigenvalue weighted by Gasteiger charge is -2.08. The van der Waals surface area contributed by atoms with E-state index in [0.717, 1.165) is 11.4 Å². The van der Waals surface area contributed by atoms with Crippen LogP contribution in [-0.4, -0.2) is 16.1 Å². The Kier molecular flexibility index (Phi) is 3.13. The summed E-state index contributed by atoms with van der Waals surface area (Å²) in [5.74, 6) is -0.529. The third kappa shape index (κ3) is 2.12. The third-order valence-electron chi connectivity index (χ3n) is 3.07. The van der Waals surface area contributed by atoms with E-state index in [4.69, 9.17) is 0 Å². The number of rotatable bonds is 3. The van der Waals surface area contributed by atoms with Gasteiger partial charge in [0.15, 0.2) is 6.29 Å². The van der Waals surface area contributed by atoms with E-state index in [-0.39, 0.29) is 5.56 Å². The number of carbonyl (C=O) groups excluding carboxylic acids is 1. The molecule has 0 atom stereocenters. The maximum absolute atomic E-state index is 13.7. The van der Waals surface area contributed by atoms with Crippen molar-refractivity contribution in [1.29, 1.82) is 0 Å². The quantitative estimate of drug-likeness (QED) is 0.680. The number of hydrogen-bond donors (Lipinski definition) is 0. The number of aromatic nitrogens is 2. The molecule has 0 spiro atoms. The Labute approximate surface area is 115 Å². The second kappa shape index (κ2) is 5.09. The van der Waals surface area contributed by atoms with E-state index in [1.807, 2.05) is 36.4 Å². The lowest BCUT2D eigenvalue weighted by atomic mass is 10.1. The molecule has 98 valence electrons. The van der Waals surface area contributed by atoms with Gasteiger partial charge in [-0.3, -0.25) is 4.79 Å². The second-order valence-corrected chi connectivity index (χ2v) is 4.32. The van der Waals surface area contributed by atoms with E-state index in [2.05, 4.69) is 5.10 Å². The van der Waals surface area contributed by atoms with Crippen LogP contribution in [0.15, 0.2) is 60.8 Å². The summed E-state index contributed by atoms with van der Waals surface area (Å²) in [5.41, 5.74) is 2.40. The van der Waals surface area contributed by atoms with Crippen molar-refractivity contribution in [2.45, 2.75) is 0 Å². The van der Waals surface area contributed by atoms with Gasteiger partial charge in [0.25, 0.3) is 0 Å². The first-order chi connectivity index (χ1) is 9.79. The minimum absolute atomic E-state index is 0.0551. The highest BCUT2D eigenvalue weighted by molar-refractivity contribution is 5.77. The summed E-state index contributed by atoms with van der Waals surface area (Å²) in [6.07, 6.45) is 2.17. The highest BCUT2D eigenvalue weighted by Crippen LogP contribution is 2.23. The van der Waals surface area contributed by atoms with Gasteiger partial charge in [0.1, 0.15) is 5.82 Å². The molecule has 0 aliphatic carbocycles. The zero-order valence-corrected chi connectivity index (χ0v) is 10.5. The Balaban J connectivity index is 2.10. The number of benzene rings is 2. The average Bonchev–Trinajstić information content (AvgIpc) is 2.97. The smallest absolute Gasteiger partial charge is 0.152 e. The number of para-hydroxylation sites is 1. The summed E-state index contributed by atoms with van der Waals surface area (Å²) in [6.45, 7) is 0. The minimum Gasteiger partial charge on any atom is -0.298 e. The average molecular weight is 266 g/mol. The van der Waals surface area contributed by atoms with Gasteiger partial charge < -0.3 is 0 Å². The lowest BCUT2D eigenvalue weighted by Crippen LogP contribution is -1.99. The molecule has 3 aromatic rings. The van der Waals surface area contributed by atoms with Crippen molar-refractivity contribution in [3.8, 4) is 16.9 Å². The predicted octanol–water partition coefficient (Wildman–Crippen LogP) is 3.49. The molecule has 2 aromatic carbocycles. The Bertz CT molecular complexity index is 750. The van der Waals surface area contributed by atoms with Gasteiger partial charge >= 0.3 is 0 Å². The van der Waals surface area contributed by atoms with E-state index in [1.54, 1.807) is 16.9 Å². The van der Waals surface area contributed by atoms with Crippen LogP contribution >= 0.6 is 0 Å². The van der Waals surface area contributed by atoms with Crippen LogP contribution in [0.3, 0.4) is 0 Å². The Morgan fingerprint density at radius 2 is 1.85 bits per heavy atom. The van der Waals surface area contributed by atoms with E-state index in [0.29, 0.717) is 11.8 Å². The van der Waals surface area contributed by atoms with Gasteiger partial charge in [-0.15, -0.1) is 0 Å². The number of hydrogen-bond acceptors (Lipinski definition) is 2. The van der Waals surface area contributed by atoms with E-state index < -0.39 is 5.82 Å². The molecule has 0 saturated heterocycles. The molecule has 0 saturated carbocycles. The number of carbonyl (C=O) groups is 1. The summed E-state index contributed by atoms with van der Waals surface area (Å²) in [6, 6.07) is 15.9. The molecule has 0 aliphatic heterocycles. The number of aldehydes is 1. The molecule has 0 N–H and O–H groups in total. The zero-order valence-electron chi connectivity index (χ0n) is 10.5. The number of nitrogens with zero attached hydrogens (tertiary/aromatic N) is 2. The number of halogens is 1. The molecule has 0 fully saturated rings. The van der Waals surface area contributed by atoms with Crippen LogP contribution in [0.1, 0.15) is 10.4 Å². The van der Waals surface area contributed by atoms with Crippen LogP contribution in [0.4, 0.5) is 4.39 Å². The van der Waals surface area contributed by atoms with Crippen molar-refractivity contribution in [2.24, 2.45) is 0 Å². The lowest BCUT2D eigenvalue weighted by molar-refractivity contribution is 0.112. The Hall–Kier alpha value is -2.75. The standard InChI is InChI=1S/C16H11FN2O/c17-15-10-12(6-7-13(15)11-20)16-8-9-18-19(16)14-4-2-1-3-5-14/h1-11H. The topological polar surface area (TPSA) is 34.9 Å². The highest BCUT2D eigenvalue weighted by Gasteiger charge is 2.09. The summed E-state index contributed by atoms with van der Waals surface area (Å²) in [5, 5.41) is 4.26. The van der Waals surface area contributed by atoms with Crippen LogP contribution in [-0.2, 0) is 0 Å². The van der Waals surface area contributed by atoms with E-state index >= 15 is 0 Å². The summed E-state index contributed by atoms with van der Waals surface area (Å²) in [4.78, 5) is 10.7. The molecule has 0 aliphatic rings. The van der Waals surface area contributed by atoms with Crippen LogP contribution in [0.2, 0.25) is 0 Å². The molecule has 0 amide bonds. The predicted molar refractivity (Wildman–Crippen MR) is 74.3 cm³/mol. The van der Waals surface area contributed by atoms with Gasteiger partial charge in [0.2, 0.25) is 0 Å². The second-order valence-electron chi connectivity index (χ2n) is 4.32. The maximum Gasteiger partial charge on any atom is 0.152 e. The van der Waals surface area contributed by atoms with Crippen molar-refractivity contribution >= 4 is 6.29 Å². The monoisotopic (exact) mass is 266 g/mol. The molecular weight excluding hydrogens is 255 g/mol. The van der Waals surface area contributed by atoms with Crippen LogP contribution < -0.4 is 0 Å². The summed E-state index contributed by atoms with van der Waals surface area (Å²) >= 11 is 0. The zero-order chi connectivity index (χ0) is 13.9. The van der Waals surface area contributed by atoms with Crippen LogP contribution in [0, 0.1) is 5.82 Å². The summed E-state index contributed by atoms with van der Waals surface area (Å²) < 4.78 is 15.4. The highest BCUT2D eigenvalue weighted by atomic mass is 19.1. The first kappa shape index (κ1) is 12.3. The van der Waals surface area contributed by atoms with Crippen LogP contribution in [0.25, 0.3) is 16.9 Å². The molecule has 4 heteroatoms. The van der Waals surface area contributed by atoms with Crippen molar-refractivity contribution in [3.05, 3.63) is 72.2 Å². The first-order valence-electron chi connectivity index (χ1n) is 6.14. The van der Waals surface area contributed by atoms with Gasteiger partial charge in [0, 0.05) is 5.56 Å². The normalized spacial score (nSPS) is 10.4. The van der Waals surface area contributed by atoms with Gasteiger partial charge in [-0.2, -0.15) is 5.10 Å². The Morgan fingerprint density at radius 3 is 2.55 bits per heavy atom. The molecule has 0 bridgehead atoms. The fraction of sp³-hybridized carbons (Fsp3) is 0. The van der Waals surface area contributed by atoms with Crippen molar-refractivity contribution < 1.29 is 9.18 Å². The van der Waals surface area contributed by atoms with Gasteiger partial charge in [-0.05, 0) is 30.3 Å². The molecule has 20 heavy (non-hydrogen) atoms. The van der Waals surface area contributed by atoms with Crippen molar-refractivity contribution in [2.75, 3.05) is 0 Å². The molecular formula is C16H11FN2O. The first-order valence-corrected chi connectivity index (χ1v) is 6.14. The molecule has 1 aromatic heterocycles. The van der Waals surface area contributed by atoms with E-state index in [1.165, 1.54) is 12.1 Å². The molecule has 3 nitrogen and oxygen atoms in total. The molecule has 3 rings (SSSR count). The fourth-order valence-electron chi connectivity index (χ4n) is 2.08. The minimum atomic E-state index is -0.529. The molecule has 0 radical (unpaired) electrons. The third-order valence-corrected chi connectivity index (χ3v) is 3.07. The van der Waals surface area contributed by atoms with Gasteiger partial charge in [0.05, 0.1) is 23.1 Å². The Morgan fingerprint density at radius 1 is 1.05 bits per heavy atom. The van der Waals surface area contributed by atoms with E-state index in [9.17, 15) is 9.18 Å². The SMILES string of the molecule is O=Cc1ccc(-c2ccnn2-c2ccccc2)cc1F.